The van der Waals surface area contributed by atoms with Crippen molar-refractivity contribution in [2.24, 2.45) is 0 Å². The van der Waals surface area contributed by atoms with Crippen LogP contribution in [0.15, 0.2) is 24.3 Å². The third-order valence-electron chi connectivity index (χ3n) is 2.67. The highest BCUT2D eigenvalue weighted by atomic mass is 19.4. The summed E-state index contributed by atoms with van der Waals surface area (Å²) in [5.41, 5.74) is -0.760. The van der Waals surface area contributed by atoms with Crippen LogP contribution in [0.3, 0.4) is 0 Å². The third-order valence-corrected chi connectivity index (χ3v) is 2.67. The molecule has 1 unspecified atom stereocenters. The summed E-state index contributed by atoms with van der Waals surface area (Å²) in [5, 5.41) is 9.06. The average molecular weight is 275 g/mol. The van der Waals surface area contributed by atoms with E-state index in [1.807, 2.05) is 0 Å². The molecule has 19 heavy (non-hydrogen) atoms. The predicted molar refractivity (Wildman–Crippen MR) is 60.3 cm³/mol. The van der Waals surface area contributed by atoms with Gasteiger partial charge >= 0.3 is 12.1 Å². The van der Waals surface area contributed by atoms with E-state index in [1.54, 1.807) is 0 Å². The number of carboxylic acids is 1. The molecule has 1 rings (SSSR count). The Morgan fingerprint density at radius 1 is 1.21 bits per heavy atom. The molecule has 4 nitrogen and oxygen atoms in total. The number of alkyl halides is 3. The van der Waals surface area contributed by atoms with E-state index in [-0.39, 0.29) is 5.56 Å². The maximum Gasteiger partial charge on any atom is 0.416 e. The number of hydrogen-bond acceptors (Lipinski definition) is 2. The topological polar surface area (TPSA) is 57.6 Å². The van der Waals surface area contributed by atoms with Crippen LogP contribution in [-0.4, -0.2) is 28.9 Å². The van der Waals surface area contributed by atoms with Gasteiger partial charge in [-0.1, -0.05) is 12.1 Å². The molecule has 0 aliphatic carbocycles. The Kier molecular flexibility index (Phi) is 4.18. The molecule has 1 aromatic carbocycles. The fraction of sp³-hybridized carbons (Fsp3) is 0.333. The van der Waals surface area contributed by atoms with Gasteiger partial charge in [0.1, 0.15) is 0 Å². The van der Waals surface area contributed by atoms with Crippen molar-refractivity contribution in [3.63, 3.8) is 0 Å². The molecule has 0 saturated carbocycles. The first-order valence-corrected chi connectivity index (χ1v) is 5.28. The highest BCUT2D eigenvalue weighted by Crippen LogP contribution is 2.30. The SMILES string of the molecule is CC(=O)N(C)C(C(=O)O)c1ccc(C(F)(F)F)cc1. The smallest absolute Gasteiger partial charge is 0.416 e. The monoisotopic (exact) mass is 275 g/mol. The second kappa shape index (κ2) is 5.29. The molecule has 0 aliphatic heterocycles. The number of benzene rings is 1. The highest BCUT2D eigenvalue weighted by molar-refractivity contribution is 5.83. The molecule has 0 heterocycles. The first-order chi connectivity index (χ1) is 8.64. The van der Waals surface area contributed by atoms with Gasteiger partial charge in [-0.2, -0.15) is 13.2 Å². The van der Waals surface area contributed by atoms with E-state index >= 15 is 0 Å². The van der Waals surface area contributed by atoms with Crippen LogP contribution >= 0.6 is 0 Å². The molecule has 0 bridgehead atoms. The number of carbonyl (C=O) groups excluding carboxylic acids is 1. The molecular weight excluding hydrogens is 263 g/mol. The lowest BCUT2D eigenvalue weighted by atomic mass is 10.0. The van der Waals surface area contributed by atoms with Crippen molar-refractivity contribution in [3.8, 4) is 0 Å². The highest BCUT2D eigenvalue weighted by Gasteiger charge is 2.31. The minimum Gasteiger partial charge on any atom is -0.479 e. The summed E-state index contributed by atoms with van der Waals surface area (Å²) in [6.07, 6.45) is -4.48. The minimum absolute atomic E-state index is 0.109. The van der Waals surface area contributed by atoms with Crippen LogP contribution in [-0.2, 0) is 15.8 Å². The van der Waals surface area contributed by atoms with Crippen molar-refractivity contribution in [3.05, 3.63) is 35.4 Å². The number of likely N-dealkylation sites (N-methyl/N-ethyl adjacent to an activating group) is 1. The van der Waals surface area contributed by atoms with E-state index in [1.165, 1.54) is 14.0 Å². The molecule has 0 saturated heterocycles. The van der Waals surface area contributed by atoms with Crippen LogP contribution in [0.4, 0.5) is 13.2 Å². The predicted octanol–water partition coefficient (Wildman–Crippen LogP) is 2.31. The first kappa shape index (κ1) is 15.0. The van der Waals surface area contributed by atoms with Gasteiger partial charge in [0.05, 0.1) is 5.56 Å². The molecule has 0 aromatic heterocycles. The zero-order chi connectivity index (χ0) is 14.8. The number of carboxylic acid groups (broad SMARTS) is 1. The maximum atomic E-state index is 12.4. The van der Waals surface area contributed by atoms with E-state index in [0.717, 1.165) is 29.2 Å². The zero-order valence-corrected chi connectivity index (χ0v) is 10.2. The van der Waals surface area contributed by atoms with Crippen molar-refractivity contribution >= 4 is 11.9 Å². The minimum atomic E-state index is -4.48. The summed E-state index contributed by atoms with van der Waals surface area (Å²) < 4.78 is 37.2. The zero-order valence-electron chi connectivity index (χ0n) is 10.2. The molecular formula is C12H12F3NO3. The Balaban J connectivity index is 3.12. The molecule has 0 fully saturated rings. The molecule has 0 aliphatic rings. The van der Waals surface area contributed by atoms with Crippen molar-refractivity contribution in [2.45, 2.75) is 19.1 Å². The van der Waals surface area contributed by atoms with Gasteiger partial charge in [-0.3, -0.25) is 4.79 Å². The maximum absolute atomic E-state index is 12.4. The van der Waals surface area contributed by atoms with Crippen LogP contribution in [0.25, 0.3) is 0 Å². The summed E-state index contributed by atoms with van der Waals surface area (Å²) in [4.78, 5) is 23.2. The van der Waals surface area contributed by atoms with E-state index < -0.39 is 29.7 Å². The normalized spacial score (nSPS) is 12.9. The van der Waals surface area contributed by atoms with Crippen molar-refractivity contribution in [1.29, 1.82) is 0 Å². The Hall–Kier alpha value is -2.05. The lowest BCUT2D eigenvalue weighted by Crippen LogP contribution is -2.34. The molecule has 104 valence electrons. The number of carbonyl (C=O) groups is 2. The van der Waals surface area contributed by atoms with Gasteiger partial charge < -0.3 is 10.0 Å². The fourth-order valence-corrected chi connectivity index (χ4v) is 1.57. The number of aliphatic carboxylic acids is 1. The van der Waals surface area contributed by atoms with Crippen LogP contribution in [0.1, 0.15) is 24.1 Å². The second-order valence-electron chi connectivity index (χ2n) is 3.99. The summed E-state index contributed by atoms with van der Waals surface area (Å²) in [6, 6.07) is 2.39. The number of hydrogen-bond donors (Lipinski definition) is 1. The standard InChI is InChI=1S/C12H12F3NO3/c1-7(17)16(2)10(11(18)19)8-3-5-9(6-4-8)12(13,14)15/h3-6,10H,1-2H3,(H,18,19). The van der Waals surface area contributed by atoms with Gasteiger partial charge in [0.2, 0.25) is 5.91 Å². The van der Waals surface area contributed by atoms with Crippen LogP contribution < -0.4 is 0 Å². The third kappa shape index (κ3) is 3.46. The van der Waals surface area contributed by atoms with Gasteiger partial charge in [0, 0.05) is 14.0 Å². The lowest BCUT2D eigenvalue weighted by Gasteiger charge is -2.24. The number of rotatable bonds is 3. The molecule has 0 radical (unpaired) electrons. The Morgan fingerprint density at radius 3 is 2.00 bits per heavy atom. The number of halogens is 3. The van der Waals surface area contributed by atoms with E-state index in [9.17, 15) is 22.8 Å². The van der Waals surface area contributed by atoms with Crippen LogP contribution in [0, 0.1) is 0 Å². The van der Waals surface area contributed by atoms with Gasteiger partial charge in [0.15, 0.2) is 6.04 Å². The van der Waals surface area contributed by atoms with Crippen molar-refractivity contribution in [2.75, 3.05) is 7.05 Å². The molecule has 1 aromatic rings. The first-order valence-electron chi connectivity index (χ1n) is 5.28. The van der Waals surface area contributed by atoms with Gasteiger partial charge in [-0.15, -0.1) is 0 Å². The van der Waals surface area contributed by atoms with Crippen molar-refractivity contribution < 1.29 is 27.9 Å². The molecule has 1 amide bonds. The lowest BCUT2D eigenvalue weighted by molar-refractivity contribution is -0.148. The van der Waals surface area contributed by atoms with Crippen LogP contribution in [0.5, 0.6) is 0 Å². The Bertz CT molecular complexity index is 482. The molecule has 7 heteroatoms. The second-order valence-corrected chi connectivity index (χ2v) is 3.99. The molecule has 1 atom stereocenters. The summed E-state index contributed by atoms with van der Waals surface area (Å²) in [5.74, 6) is -1.80. The quantitative estimate of drug-likeness (QED) is 0.921. The van der Waals surface area contributed by atoms with Crippen LogP contribution in [0.2, 0.25) is 0 Å². The summed E-state index contributed by atoms with van der Waals surface area (Å²) in [7, 11) is 1.28. The summed E-state index contributed by atoms with van der Waals surface area (Å²) >= 11 is 0. The average Bonchev–Trinajstić information content (AvgIpc) is 2.28. The largest absolute Gasteiger partial charge is 0.479 e. The van der Waals surface area contributed by atoms with Gasteiger partial charge in [-0.05, 0) is 17.7 Å². The fourth-order valence-electron chi connectivity index (χ4n) is 1.57. The van der Waals surface area contributed by atoms with E-state index in [2.05, 4.69) is 0 Å². The van der Waals surface area contributed by atoms with Gasteiger partial charge in [0.25, 0.3) is 0 Å². The van der Waals surface area contributed by atoms with E-state index in [0.29, 0.717) is 0 Å². The molecule has 0 spiro atoms. The Labute approximate surface area is 107 Å². The van der Waals surface area contributed by atoms with Crippen molar-refractivity contribution in [1.82, 2.24) is 4.90 Å². The van der Waals surface area contributed by atoms with E-state index in [4.69, 9.17) is 5.11 Å². The van der Waals surface area contributed by atoms with Gasteiger partial charge in [-0.25, -0.2) is 4.79 Å². The number of amides is 1. The number of nitrogens with zero attached hydrogens (tertiary/aromatic N) is 1. The summed E-state index contributed by atoms with van der Waals surface area (Å²) in [6.45, 7) is 1.18. The Morgan fingerprint density at radius 2 is 1.68 bits per heavy atom. The molecule has 1 N–H and O–H groups in total.